The molecule has 1 saturated carbocycles. The van der Waals surface area contributed by atoms with Gasteiger partial charge >= 0.3 is 0 Å². The number of nitrogens with one attached hydrogen (secondary N) is 2. The number of hydrogen-bond acceptors (Lipinski definition) is 4. The van der Waals surface area contributed by atoms with Crippen molar-refractivity contribution in [3.63, 3.8) is 0 Å². The van der Waals surface area contributed by atoms with Gasteiger partial charge in [0.15, 0.2) is 0 Å². The van der Waals surface area contributed by atoms with Gasteiger partial charge in [-0.25, -0.2) is 4.98 Å². The topological polar surface area (TPSA) is 68.0 Å². The van der Waals surface area contributed by atoms with Crippen LogP contribution in [0, 0.1) is 0 Å². The van der Waals surface area contributed by atoms with Crippen LogP contribution in [-0.4, -0.2) is 52.1 Å². The fourth-order valence-electron chi connectivity index (χ4n) is 4.83. The van der Waals surface area contributed by atoms with E-state index in [0.717, 1.165) is 54.5 Å². The molecule has 0 radical (unpaired) electrons. The summed E-state index contributed by atoms with van der Waals surface area (Å²) in [6, 6.07) is 16.9. The van der Waals surface area contributed by atoms with Gasteiger partial charge in [0.1, 0.15) is 5.82 Å². The van der Waals surface area contributed by atoms with Gasteiger partial charge in [-0.3, -0.25) is 9.69 Å². The van der Waals surface area contributed by atoms with E-state index in [9.17, 15) is 4.79 Å². The monoisotopic (exact) mass is 399 g/mol. The molecule has 1 aromatic heterocycles. The number of H-pyrrole nitrogens is 2. The zero-order chi connectivity index (χ0) is 20.1. The smallest absolute Gasteiger partial charge is 0.260 e. The first kappa shape index (κ1) is 17.7. The van der Waals surface area contributed by atoms with Crippen molar-refractivity contribution in [3.05, 3.63) is 58.9 Å². The number of anilines is 1. The zero-order valence-electron chi connectivity index (χ0n) is 16.9. The third-order valence-corrected chi connectivity index (χ3v) is 6.76. The molecule has 2 fully saturated rings. The Morgan fingerprint density at radius 1 is 0.933 bits per heavy atom. The van der Waals surface area contributed by atoms with Crippen LogP contribution >= 0.6 is 0 Å². The quantitative estimate of drug-likeness (QED) is 0.551. The van der Waals surface area contributed by atoms with Gasteiger partial charge in [0.25, 0.3) is 5.56 Å². The SMILES string of the molecule is O=c1[nH]c2cccccc-2c1-c1nc2ccc(N3CCN(C4CCC4)CC3)cc2[nH]1. The van der Waals surface area contributed by atoms with E-state index in [2.05, 4.69) is 38.0 Å². The molecule has 2 N–H and O–H groups in total. The van der Waals surface area contributed by atoms with Gasteiger partial charge in [0.2, 0.25) is 0 Å². The second kappa shape index (κ2) is 6.99. The number of benzene rings is 1. The highest BCUT2D eigenvalue weighted by Gasteiger charge is 2.28. The summed E-state index contributed by atoms with van der Waals surface area (Å²) in [5.74, 6) is 0.624. The number of aromatic amines is 2. The normalized spacial score (nSPS) is 18.2. The minimum Gasteiger partial charge on any atom is -0.369 e. The maximum absolute atomic E-state index is 12.6. The van der Waals surface area contributed by atoms with Gasteiger partial charge in [-0.1, -0.05) is 30.7 Å². The molecule has 2 aromatic rings. The average molecular weight is 399 g/mol. The Kier molecular flexibility index (Phi) is 4.13. The summed E-state index contributed by atoms with van der Waals surface area (Å²) in [6.07, 6.45) is 4.14. The fourth-order valence-corrected chi connectivity index (χ4v) is 4.83. The van der Waals surface area contributed by atoms with Crippen molar-refractivity contribution < 1.29 is 0 Å². The summed E-state index contributed by atoms with van der Waals surface area (Å²) in [4.78, 5) is 28.8. The summed E-state index contributed by atoms with van der Waals surface area (Å²) >= 11 is 0. The second-order valence-corrected chi connectivity index (χ2v) is 8.46. The van der Waals surface area contributed by atoms with Crippen LogP contribution in [0.5, 0.6) is 0 Å². The molecule has 2 aliphatic heterocycles. The number of rotatable bonds is 3. The number of hydrogen-bond donors (Lipinski definition) is 2. The van der Waals surface area contributed by atoms with E-state index in [1.165, 1.54) is 24.9 Å². The Balaban J connectivity index is 1.30. The number of aromatic nitrogens is 3. The lowest BCUT2D eigenvalue weighted by Crippen LogP contribution is -2.52. The molecule has 0 spiro atoms. The lowest BCUT2D eigenvalue weighted by Gasteiger charge is -2.43. The highest BCUT2D eigenvalue weighted by molar-refractivity contribution is 5.87. The van der Waals surface area contributed by atoms with Crippen molar-refractivity contribution in [3.8, 4) is 22.6 Å². The molecule has 2 aliphatic carbocycles. The lowest BCUT2D eigenvalue weighted by atomic mass is 9.91. The van der Waals surface area contributed by atoms with E-state index in [1.54, 1.807) is 0 Å². The van der Waals surface area contributed by atoms with Crippen molar-refractivity contribution in [2.45, 2.75) is 25.3 Å². The number of imidazole rings is 1. The van der Waals surface area contributed by atoms with Crippen molar-refractivity contribution in [2.75, 3.05) is 31.1 Å². The molecule has 6 rings (SSSR count). The van der Waals surface area contributed by atoms with Crippen LogP contribution in [0.4, 0.5) is 5.69 Å². The highest BCUT2D eigenvalue weighted by atomic mass is 16.1. The zero-order valence-corrected chi connectivity index (χ0v) is 16.9. The fraction of sp³-hybridized carbons (Fsp3) is 0.333. The third-order valence-electron chi connectivity index (χ3n) is 6.76. The van der Waals surface area contributed by atoms with Crippen LogP contribution in [0.15, 0.2) is 53.3 Å². The van der Waals surface area contributed by atoms with E-state index in [4.69, 9.17) is 4.98 Å². The standard InChI is InChI=1S/C24H25N5O/c30-24-22(18-7-2-1-3-8-19(18)27-24)23-25-20-10-9-17(15-21(20)26-23)29-13-11-28(12-14-29)16-5-4-6-16/h1-3,7-10,15-16H,4-6,11-14H2,(H,25,26)(H,27,30). The molecule has 6 nitrogen and oxygen atoms in total. The molecule has 6 heteroatoms. The van der Waals surface area contributed by atoms with E-state index in [1.807, 2.05) is 30.3 Å². The van der Waals surface area contributed by atoms with Gasteiger partial charge in [0.05, 0.1) is 16.6 Å². The number of nitrogens with zero attached hydrogens (tertiary/aromatic N) is 3. The first-order valence-corrected chi connectivity index (χ1v) is 10.9. The van der Waals surface area contributed by atoms with Gasteiger partial charge in [-0.15, -0.1) is 0 Å². The van der Waals surface area contributed by atoms with Crippen LogP contribution in [0.25, 0.3) is 33.7 Å². The Morgan fingerprint density at radius 3 is 2.57 bits per heavy atom. The van der Waals surface area contributed by atoms with Gasteiger partial charge in [-0.2, -0.15) is 0 Å². The van der Waals surface area contributed by atoms with E-state index in [-0.39, 0.29) is 5.56 Å². The van der Waals surface area contributed by atoms with Crippen molar-refractivity contribution >= 4 is 16.7 Å². The predicted octanol–water partition coefficient (Wildman–Crippen LogP) is 3.70. The largest absolute Gasteiger partial charge is 0.369 e. The second-order valence-electron chi connectivity index (χ2n) is 8.46. The summed E-state index contributed by atoms with van der Waals surface area (Å²) in [6.45, 7) is 4.41. The molecule has 3 heterocycles. The van der Waals surface area contributed by atoms with E-state index in [0.29, 0.717) is 11.4 Å². The van der Waals surface area contributed by atoms with Crippen molar-refractivity contribution in [1.29, 1.82) is 0 Å². The predicted molar refractivity (Wildman–Crippen MR) is 120 cm³/mol. The van der Waals surface area contributed by atoms with Gasteiger partial charge in [-0.05, 0) is 37.1 Å². The molecule has 30 heavy (non-hydrogen) atoms. The number of fused-ring (bicyclic) bond motifs is 2. The van der Waals surface area contributed by atoms with Crippen molar-refractivity contribution in [1.82, 2.24) is 19.9 Å². The van der Waals surface area contributed by atoms with Crippen LogP contribution in [0.2, 0.25) is 0 Å². The maximum Gasteiger partial charge on any atom is 0.260 e. The van der Waals surface area contributed by atoms with Crippen LogP contribution in [-0.2, 0) is 0 Å². The molecular formula is C24H25N5O. The summed E-state index contributed by atoms with van der Waals surface area (Å²) in [5.41, 5.74) is 5.28. The van der Waals surface area contributed by atoms with Crippen LogP contribution in [0.1, 0.15) is 19.3 Å². The first-order valence-electron chi connectivity index (χ1n) is 10.9. The molecule has 0 bridgehead atoms. The first-order chi connectivity index (χ1) is 14.8. The third kappa shape index (κ3) is 2.91. The van der Waals surface area contributed by atoms with E-state index < -0.39 is 0 Å². The molecule has 1 saturated heterocycles. The number of piperazine rings is 1. The minimum absolute atomic E-state index is 0.109. The molecule has 0 unspecified atom stereocenters. The highest BCUT2D eigenvalue weighted by Crippen LogP contribution is 2.31. The summed E-state index contributed by atoms with van der Waals surface area (Å²) in [7, 11) is 0. The minimum atomic E-state index is -0.109. The van der Waals surface area contributed by atoms with Gasteiger partial charge < -0.3 is 14.9 Å². The molecular weight excluding hydrogens is 374 g/mol. The Bertz CT molecular complexity index is 1230. The molecule has 4 aliphatic rings. The molecule has 152 valence electrons. The van der Waals surface area contributed by atoms with Crippen LogP contribution < -0.4 is 10.5 Å². The lowest BCUT2D eigenvalue weighted by molar-refractivity contribution is 0.120. The Morgan fingerprint density at radius 2 is 1.77 bits per heavy atom. The van der Waals surface area contributed by atoms with Crippen molar-refractivity contribution in [2.24, 2.45) is 0 Å². The Hall–Kier alpha value is -3.12. The summed E-state index contributed by atoms with van der Waals surface area (Å²) < 4.78 is 0. The average Bonchev–Trinajstić information content (AvgIpc) is 3.18. The molecule has 1 aromatic carbocycles. The van der Waals surface area contributed by atoms with E-state index >= 15 is 0 Å². The molecule has 0 amide bonds. The summed E-state index contributed by atoms with van der Waals surface area (Å²) in [5, 5.41) is 0. The Labute approximate surface area is 174 Å². The maximum atomic E-state index is 12.6. The molecule has 0 atom stereocenters. The van der Waals surface area contributed by atoms with Gasteiger partial charge in [0, 0.05) is 49.2 Å². The van der Waals surface area contributed by atoms with Crippen LogP contribution in [0.3, 0.4) is 0 Å².